The Kier molecular flexibility index (Phi) is 6.42. The predicted octanol–water partition coefficient (Wildman–Crippen LogP) is 1.64. The van der Waals surface area contributed by atoms with Gasteiger partial charge in [0.1, 0.15) is 0 Å². The van der Waals surface area contributed by atoms with Crippen molar-refractivity contribution in [3.05, 3.63) is 0 Å². The molecule has 0 aliphatic heterocycles. The van der Waals surface area contributed by atoms with Crippen LogP contribution in [0.4, 0.5) is 0 Å². The van der Waals surface area contributed by atoms with Crippen LogP contribution >= 0.6 is 11.8 Å². The Morgan fingerprint density at radius 3 is 2.55 bits per heavy atom. The molecule has 0 aromatic rings. The van der Waals surface area contributed by atoms with E-state index in [0.29, 0.717) is 0 Å². The average Bonchev–Trinajstić information content (AvgIpc) is 1.97. The molecule has 0 heterocycles. The summed E-state index contributed by atoms with van der Waals surface area (Å²) in [5.74, 6) is 1.00. The highest BCUT2D eigenvalue weighted by molar-refractivity contribution is 7.98. The van der Waals surface area contributed by atoms with Gasteiger partial charge in [-0.2, -0.15) is 11.8 Å². The maximum atomic E-state index is 10.8. The van der Waals surface area contributed by atoms with E-state index in [1.165, 1.54) is 0 Å². The van der Waals surface area contributed by atoms with E-state index in [0.717, 1.165) is 25.0 Å². The minimum absolute atomic E-state index is 0.104. The second-order valence-electron chi connectivity index (χ2n) is 2.67. The summed E-state index contributed by atoms with van der Waals surface area (Å²) in [4.78, 5) is 10.8. The Morgan fingerprint density at radius 2 is 2.18 bits per heavy atom. The summed E-state index contributed by atoms with van der Waals surface area (Å²) in [7, 11) is 0. The molecule has 66 valence electrons. The van der Waals surface area contributed by atoms with Crippen LogP contribution in [0, 0.1) is 5.92 Å². The Balaban J connectivity index is 3.60. The van der Waals surface area contributed by atoms with Crippen molar-refractivity contribution in [3.8, 4) is 0 Å². The number of carbonyl (C=O) groups excluding carboxylic acids is 1. The minimum atomic E-state index is -0.138. The summed E-state index contributed by atoms with van der Waals surface area (Å²) >= 11 is 1.77. The van der Waals surface area contributed by atoms with E-state index in [1.807, 2.05) is 6.26 Å². The molecule has 0 aromatic heterocycles. The average molecular weight is 175 g/mol. The fraction of sp³-hybridized carbons (Fsp3) is 0.875. The monoisotopic (exact) mass is 175 g/mol. The van der Waals surface area contributed by atoms with Crippen molar-refractivity contribution in [2.45, 2.75) is 26.2 Å². The van der Waals surface area contributed by atoms with E-state index < -0.39 is 0 Å². The van der Waals surface area contributed by atoms with Crippen LogP contribution in [0.15, 0.2) is 0 Å². The highest BCUT2D eigenvalue weighted by Crippen LogP contribution is 2.12. The number of primary amides is 1. The summed E-state index contributed by atoms with van der Waals surface area (Å²) in [5.41, 5.74) is 5.22. The Bertz CT molecular complexity index is 117. The van der Waals surface area contributed by atoms with Crippen LogP contribution < -0.4 is 5.73 Å². The second kappa shape index (κ2) is 6.53. The van der Waals surface area contributed by atoms with Crippen molar-refractivity contribution in [2.24, 2.45) is 11.7 Å². The van der Waals surface area contributed by atoms with Crippen molar-refractivity contribution in [1.82, 2.24) is 0 Å². The number of rotatable bonds is 6. The minimum Gasteiger partial charge on any atom is -0.369 e. The van der Waals surface area contributed by atoms with E-state index >= 15 is 0 Å². The number of amides is 1. The SMILES string of the molecule is CCCC(CCSC)C(N)=O. The van der Waals surface area contributed by atoms with Gasteiger partial charge in [0.25, 0.3) is 0 Å². The quantitative estimate of drug-likeness (QED) is 0.667. The Labute approximate surface area is 72.9 Å². The molecule has 3 heteroatoms. The largest absolute Gasteiger partial charge is 0.369 e. The van der Waals surface area contributed by atoms with Gasteiger partial charge in [-0.25, -0.2) is 0 Å². The zero-order valence-corrected chi connectivity index (χ0v) is 8.12. The van der Waals surface area contributed by atoms with E-state index in [9.17, 15) is 4.79 Å². The number of hydrogen-bond donors (Lipinski definition) is 1. The molecule has 1 atom stereocenters. The Morgan fingerprint density at radius 1 is 1.55 bits per heavy atom. The van der Waals surface area contributed by atoms with Gasteiger partial charge in [-0.15, -0.1) is 0 Å². The molecule has 0 rings (SSSR count). The van der Waals surface area contributed by atoms with E-state index in [2.05, 4.69) is 6.92 Å². The fourth-order valence-corrected chi connectivity index (χ4v) is 1.56. The third-order valence-corrected chi connectivity index (χ3v) is 2.35. The van der Waals surface area contributed by atoms with Gasteiger partial charge in [-0.05, 0) is 24.9 Å². The van der Waals surface area contributed by atoms with Crippen LogP contribution in [0.25, 0.3) is 0 Å². The van der Waals surface area contributed by atoms with Gasteiger partial charge in [0, 0.05) is 5.92 Å². The van der Waals surface area contributed by atoms with Gasteiger partial charge in [-0.1, -0.05) is 13.3 Å². The van der Waals surface area contributed by atoms with Gasteiger partial charge in [0.2, 0.25) is 5.91 Å². The molecule has 1 unspecified atom stereocenters. The summed E-state index contributed by atoms with van der Waals surface area (Å²) in [6, 6.07) is 0. The van der Waals surface area contributed by atoms with Gasteiger partial charge in [0.05, 0.1) is 0 Å². The third kappa shape index (κ3) is 5.13. The first-order chi connectivity index (χ1) is 5.22. The number of hydrogen-bond acceptors (Lipinski definition) is 2. The van der Waals surface area contributed by atoms with Crippen LogP contribution in [0.5, 0.6) is 0 Å². The lowest BCUT2D eigenvalue weighted by Crippen LogP contribution is -2.23. The highest BCUT2D eigenvalue weighted by Gasteiger charge is 2.12. The number of thioether (sulfide) groups is 1. The van der Waals surface area contributed by atoms with Crippen molar-refractivity contribution >= 4 is 17.7 Å². The van der Waals surface area contributed by atoms with Crippen LogP contribution in [-0.4, -0.2) is 17.9 Å². The van der Waals surface area contributed by atoms with E-state index in [4.69, 9.17) is 5.73 Å². The molecule has 2 nitrogen and oxygen atoms in total. The molecule has 0 saturated heterocycles. The van der Waals surface area contributed by atoms with Crippen LogP contribution in [0.3, 0.4) is 0 Å². The highest BCUT2D eigenvalue weighted by atomic mass is 32.2. The van der Waals surface area contributed by atoms with Crippen LogP contribution in [-0.2, 0) is 4.79 Å². The summed E-state index contributed by atoms with van der Waals surface area (Å²) in [6.45, 7) is 2.08. The standard InChI is InChI=1S/C8H17NOS/c1-3-4-7(8(9)10)5-6-11-2/h7H,3-6H2,1-2H3,(H2,9,10). The smallest absolute Gasteiger partial charge is 0.220 e. The number of nitrogens with two attached hydrogens (primary N) is 1. The van der Waals surface area contributed by atoms with Gasteiger partial charge < -0.3 is 5.73 Å². The fourth-order valence-electron chi connectivity index (χ4n) is 1.04. The molecule has 0 radical (unpaired) electrons. The summed E-state index contributed by atoms with van der Waals surface area (Å²) in [6.07, 6.45) is 4.96. The second-order valence-corrected chi connectivity index (χ2v) is 3.66. The summed E-state index contributed by atoms with van der Waals surface area (Å²) < 4.78 is 0. The van der Waals surface area contributed by atoms with Crippen molar-refractivity contribution in [3.63, 3.8) is 0 Å². The summed E-state index contributed by atoms with van der Waals surface area (Å²) in [5, 5.41) is 0. The first-order valence-corrected chi connectivity index (χ1v) is 5.40. The lowest BCUT2D eigenvalue weighted by molar-refractivity contribution is -0.122. The molecular weight excluding hydrogens is 158 g/mol. The van der Waals surface area contributed by atoms with Gasteiger partial charge in [-0.3, -0.25) is 4.79 Å². The third-order valence-electron chi connectivity index (χ3n) is 1.71. The molecule has 0 aliphatic rings. The zero-order valence-electron chi connectivity index (χ0n) is 7.30. The van der Waals surface area contributed by atoms with Crippen LogP contribution in [0.2, 0.25) is 0 Å². The predicted molar refractivity (Wildman–Crippen MR) is 50.6 cm³/mol. The molecule has 0 saturated carbocycles. The maximum Gasteiger partial charge on any atom is 0.220 e. The van der Waals surface area contributed by atoms with E-state index in [-0.39, 0.29) is 11.8 Å². The van der Waals surface area contributed by atoms with Crippen LogP contribution in [0.1, 0.15) is 26.2 Å². The normalized spacial score (nSPS) is 12.9. The maximum absolute atomic E-state index is 10.8. The lowest BCUT2D eigenvalue weighted by atomic mass is 10.0. The lowest BCUT2D eigenvalue weighted by Gasteiger charge is -2.10. The van der Waals surface area contributed by atoms with Crippen molar-refractivity contribution in [1.29, 1.82) is 0 Å². The molecular formula is C8H17NOS. The van der Waals surface area contributed by atoms with Crippen molar-refractivity contribution < 1.29 is 4.79 Å². The van der Waals surface area contributed by atoms with Crippen molar-refractivity contribution in [2.75, 3.05) is 12.0 Å². The molecule has 0 aliphatic carbocycles. The number of carbonyl (C=O) groups is 1. The molecule has 0 aromatic carbocycles. The first-order valence-electron chi connectivity index (χ1n) is 4.00. The van der Waals surface area contributed by atoms with E-state index in [1.54, 1.807) is 11.8 Å². The van der Waals surface area contributed by atoms with Gasteiger partial charge in [0.15, 0.2) is 0 Å². The molecule has 0 spiro atoms. The molecule has 11 heavy (non-hydrogen) atoms. The zero-order chi connectivity index (χ0) is 8.69. The first kappa shape index (κ1) is 10.8. The topological polar surface area (TPSA) is 43.1 Å². The Hall–Kier alpha value is -0.180. The molecule has 0 bridgehead atoms. The molecule has 2 N–H and O–H groups in total. The van der Waals surface area contributed by atoms with Gasteiger partial charge >= 0.3 is 0 Å². The molecule has 0 fully saturated rings. The molecule has 1 amide bonds.